The molecule has 114 valence electrons. The first-order valence-electron chi connectivity index (χ1n) is 7.17. The summed E-state index contributed by atoms with van der Waals surface area (Å²) in [5.41, 5.74) is 1.01. The van der Waals surface area contributed by atoms with Gasteiger partial charge in [0.15, 0.2) is 11.5 Å². The summed E-state index contributed by atoms with van der Waals surface area (Å²) < 4.78 is 15.9. The normalized spacial score (nSPS) is 19.6. The number of fused-ring (bicyclic) bond motifs is 1. The molecule has 6 nitrogen and oxygen atoms in total. The van der Waals surface area contributed by atoms with Gasteiger partial charge in [-0.25, -0.2) is 4.79 Å². The van der Waals surface area contributed by atoms with Gasteiger partial charge in [-0.15, -0.1) is 0 Å². The van der Waals surface area contributed by atoms with E-state index in [-0.39, 0.29) is 12.8 Å². The van der Waals surface area contributed by atoms with Gasteiger partial charge in [-0.3, -0.25) is 0 Å². The Bertz CT molecular complexity index is 514. The maximum absolute atomic E-state index is 12.1. The van der Waals surface area contributed by atoms with E-state index >= 15 is 0 Å². The second-order valence-corrected chi connectivity index (χ2v) is 5.46. The highest BCUT2D eigenvalue weighted by Gasteiger charge is 2.18. The molecular formula is C15H20N2O4. The molecule has 21 heavy (non-hydrogen) atoms. The Balaban J connectivity index is 1.50. The predicted octanol–water partition coefficient (Wildman–Crippen LogP) is 1.59. The van der Waals surface area contributed by atoms with Gasteiger partial charge >= 0.3 is 6.03 Å². The summed E-state index contributed by atoms with van der Waals surface area (Å²) in [5, 5.41) is 2.95. The van der Waals surface area contributed by atoms with Gasteiger partial charge in [0, 0.05) is 32.7 Å². The number of amides is 2. The quantitative estimate of drug-likeness (QED) is 0.915. The van der Waals surface area contributed by atoms with E-state index in [1.54, 1.807) is 11.9 Å². The zero-order chi connectivity index (χ0) is 14.7. The van der Waals surface area contributed by atoms with E-state index in [0.29, 0.717) is 19.0 Å². The number of nitrogens with zero attached hydrogens (tertiary/aromatic N) is 1. The Morgan fingerprint density at radius 3 is 3.05 bits per heavy atom. The molecule has 2 heterocycles. The summed E-state index contributed by atoms with van der Waals surface area (Å²) in [5.74, 6) is 1.93. The number of carbonyl (C=O) groups excluding carboxylic acids is 1. The molecule has 1 aromatic rings. The Kier molecular flexibility index (Phi) is 4.15. The molecule has 1 atom stereocenters. The molecule has 0 spiro atoms. The van der Waals surface area contributed by atoms with E-state index in [1.165, 1.54) is 0 Å². The van der Waals surface area contributed by atoms with Crippen LogP contribution in [0.2, 0.25) is 0 Å². The van der Waals surface area contributed by atoms with Crippen molar-refractivity contribution in [3.63, 3.8) is 0 Å². The molecule has 0 saturated carbocycles. The summed E-state index contributed by atoms with van der Waals surface area (Å²) in [6.45, 7) is 3.01. The minimum Gasteiger partial charge on any atom is -0.454 e. The number of benzene rings is 1. The van der Waals surface area contributed by atoms with Gasteiger partial charge in [0.2, 0.25) is 6.79 Å². The molecule has 0 unspecified atom stereocenters. The third-order valence-electron chi connectivity index (χ3n) is 3.77. The van der Waals surface area contributed by atoms with Crippen LogP contribution in [-0.2, 0) is 11.3 Å². The van der Waals surface area contributed by atoms with Crippen molar-refractivity contribution in [2.24, 2.45) is 5.92 Å². The second kappa shape index (κ2) is 6.22. The van der Waals surface area contributed by atoms with Crippen LogP contribution in [0.5, 0.6) is 11.5 Å². The minimum atomic E-state index is -0.0698. The first-order valence-corrected chi connectivity index (χ1v) is 7.17. The van der Waals surface area contributed by atoms with Gasteiger partial charge in [0.05, 0.1) is 6.61 Å². The fraction of sp³-hybridized carbons (Fsp3) is 0.533. The average molecular weight is 292 g/mol. The van der Waals surface area contributed by atoms with Crippen molar-refractivity contribution in [2.45, 2.75) is 13.0 Å². The molecule has 2 aliphatic heterocycles. The van der Waals surface area contributed by atoms with E-state index in [1.807, 2.05) is 18.2 Å². The van der Waals surface area contributed by atoms with E-state index < -0.39 is 0 Å². The molecule has 0 bridgehead atoms. The van der Waals surface area contributed by atoms with Crippen LogP contribution in [0.4, 0.5) is 4.79 Å². The molecule has 1 aromatic carbocycles. The van der Waals surface area contributed by atoms with Gasteiger partial charge in [-0.05, 0) is 24.1 Å². The Labute approximate surface area is 124 Å². The van der Waals surface area contributed by atoms with Crippen molar-refractivity contribution in [3.8, 4) is 11.5 Å². The van der Waals surface area contributed by atoms with Crippen molar-refractivity contribution < 1.29 is 19.0 Å². The van der Waals surface area contributed by atoms with Gasteiger partial charge in [0.1, 0.15) is 0 Å². The van der Waals surface area contributed by atoms with Crippen LogP contribution in [-0.4, -0.2) is 44.5 Å². The van der Waals surface area contributed by atoms with Crippen LogP contribution >= 0.6 is 0 Å². The molecule has 3 rings (SSSR count). The smallest absolute Gasteiger partial charge is 0.317 e. The summed E-state index contributed by atoms with van der Waals surface area (Å²) >= 11 is 0. The Hall–Kier alpha value is -1.95. The van der Waals surface area contributed by atoms with E-state index in [4.69, 9.17) is 14.2 Å². The van der Waals surface area contributed by atoms with Crippen molar-refractivity contribution in [1.29, 1.82) is 0 Å². The van der Waals surface area contributed by atoms with Gasteiger partial charge < -0.3 is 24.4 Å². The summed E-state index contributed by atoms with van der Waals surface area (Å²) in [6.07, 6.45) is 1.02. The standard InChI is InChI=1S/C15H20N2O4/c1-17(15(18)16-7-12-4-5-19-9-12)8-11-2-3-13-14(6-11)21-10-20-13/h2-3,6,12H,4-5,7-10H2,1H3,(H,16,18)/t12-/m1/s1. The van der Waals surface area contributed by atoms with Crippen LogP contribution in [0, 0.1) is 5.92 Å². The van der Waals surface area contributed by atoms with E-state index in [0.717, 1.165) is 36.7 Å². The molecule has 6 heteroatoms. The maximum atomic E-state index is 12.1. The van der Waals surface area contributed by atoms with Crippen molar-refractivity contribution in [1.82, 2.24) is 10.2 Å². The third kappa shape index (κ3) is 3.39. The lowest BCUT2D eigenvalue weighted by atomic mass is 10.1. The van der Waals surface area contributed by atoms with Gasteiger partial charge in [-0.1, -0.05) is 6.07 Å². The molecule has 0 aliphatic carbocycles. The van der Waals surface area contributed by atoms with E-state index in [2.05, 4.69) is 5.32 Å². The molecule has 1 saturated heterocycles. The topological polar surface area (TPSA) is 60.0 Å². The lowest BCUT2D eigenvalue weighted by molar-refractivity contribution is 0.173. The van der Waals surface area contributed by atoms with Crippen LogP contribution in [0.3, 0.4) is 0 Å². The highest BCUT2D eigenvalue weighted by molar-refractivity contribution is 5.73. The van der Waals surface area contributed by atoms with Crippen molar-refractivity contribution >= 4 is 6.03 Å². The van der Waals surface area contributed by atoms with E-state index in [9.17, 15) is 4.79 Å². The van der Waals surface area contributed by atoms with Gasteiger partial charge in [0.25, 0.3) is 0 Å². The average Bonchev–Trinajstić information content (AvgIpc) is 3.15. The zero-order valence-electron chi connectivity index (χ0n) is 12.1. The summed E-state index contributed by atoms with van der Waals surface area (Å²) in [7, 11) is 1.78. The van der Waals surface area contributed by atoms with Crippen molar-refractivity contribution in [2.75, 3.05) is 33.6 Å². The number of rotatable bonds is 4. The number of nitrogens with one attached hydrogen (secondary N) is 1. The Morgan fingerprint density at radius 1 is 1.38 bits per heavy atom. The molecule has 0 aromatic heterocycles. The number of ether oxygens (including phenoxy) is 3. The fourth-order valence-electron chi connectivity index (χ4n) is 2.50. The SMILES string of the molecule is CN(Cc1ccc2c(c1)OCO2)C(=O)NC[C@H]1CCOC1. The van der Waals surface area contributed by atoms with Crippen LogP contribution < -0.4 is 14.8 Å². The lowest BCUT2D eigenvalue weighted by Crippen LogP contribution is -2.39. The van der Waals surface area contributed by atoms with Crippen LogP contribution in [0.15, 0.2) is 18.2 Å². The molecule has 0 radical (unpaired) electrons. The van der Waals surface area contributed by atoms with Gasteiger partial charge in [-0.2, -0.15) is 0 Å². The maximum Gasteiger partial charge on any atom is 0.317 e. The number of urea groups is 1. The Morgan fingerprint density at radius 2 is 2.24 bits per heavy atom. The molecule has 2 aliphatic rings. The van der Waals surface area contributed by atoms with Crippen LogP contribution in [0.25, 0.3) is 0 Å². The fourth-order valence-corrected chi connectivity index (χ4v) is 2.50. The summed E-state index contributed by atoms with van der Waals surface area (Å²) in [6, 6.07) is 5.66. The minimum absolute atomic E-state index is 0.0698. The second-order valence-electron chi connectivity index (χ2n) is 5.46. The first kappa shape index (κ1) is 14.0. The number of hydrogen-bond acceptors (Lipinski definition) is 4. The van der Waals surface area contributed by atoms with Crippen LogP contribution in [0.1, 0.15) is 12.0 Å². The largest absolute Gasteiger partial charge is 0.454 e. The predicted molar refractivity (Wildman–Crippen MR) is 76.4 cm³/mol. The molecule has 1 fully saturated rings. The molecular weight excluding hydrogens is 272 g/mol. The number of carbonyl (C=O) groups is 1. The summed E-state index contributed by atoms with van der Waals surface area (Å²) in [4.78, 5) is 13.7. The molecule has 1 N–H and O–H groups in total. The third-order valence-corrected chi connectivity index (χ3v) is 3.77. The number of hydrogen-bond donors (Lipinski definition) is 1. The van der Waals surface area contributed by atoms with Crippen molar-refractivity contribution in [3.05, 3.63) is 23.8 Å². The zero-order valence-corrected chi connectivity index (χ0v) is 12.1. The lowest BCUT2D eigenvalue weighted by Gasteiger charge is -2.19. The highest BCUT2D eigenvalue weighted by atomic mass is 16.7. The first-order chi connectivity index (χ1) is 10.2. The monoisotopic (exact) mass is 292 g/mol. The highest BCUT2D eigenvalue weighted by Crippen LogP contribution is 2.32. The molecule has 2 amide bonds.